The van der Waals surface area contributed by atoms with Crippen LogP contribution in [0, 0.1) is 5.82 Å². The minimum atomic E-state index is -4.22. The first-order valence-corrected chi connectivity index (χ1v) is 5.71. The van der Waals surface area contributed by atoms with Crippen molar-refractivity contribution in [3.63, 3.8) is 0 Å². The zero-order valence-electron chi connectivity index (χ0n) is 10.4. The average Bonchev–Trinajstić information content (AvgIpc) is 2.33. The van der Waals surface area contributed by atoms with Crippen molar-refractivity contribution in [3.05, 3.63) is 29.6 Å². The summed E-state index contributed by atoms with van der Waals surface area (Å²) in [6, 6.07) is 3.70. The number of rotatable bonds is 6. The number of hydrogen-bond acceptors (Lipinski definition) is 3. The number of ether oxygens (including phenoxy) is 1. The minimum absolute atomic E-state index is 0.0938. The Morgan fingerprint density at radius 3 is 2.53 bits per heavy atom. The van der Waals surface area contributed by atoms with Gasteiger partial charge in [-0.2, -0.15) is 13.2 Å². The first-order chi connectivity index (χ1) is 8.85. The molecule has 1 atom stereocenters. The van der Waals surface area contributed by atoms with Crippen LogP contribution in [0.4, 0.5) is 17.6 Å². The molecule has 0 amide bonds. The fraction of sp³-hybridized carbons (Fsp3) is 0.500. The Balaban J connectivity index is 2.63. The highest BCUT2D eigenvalue weighted by Gasteiger charge is 2.28. The van der Waals surface area contributed by atoms with Gasteiger partial charge in [-0.25, -0.2) is 4.39 Å². The van der Waals surface area contributed by atoms with Gasteiger partial charge in [-0.15, -0.1) is 0 Å². The van der Waals surface area contributed by atoms with E-state index in [9.17, 15) is 17.6 Å². The van der Waals surface area contributed by atoms with Crippen LogP contribution in [0.3, 0.4) is 0 Å². The predicted molar refractivity (Wildman–Crippen MR) is 63.1 cm³/mol. The highest BCUT2D eigenvalue weighted by atomic mass is 19.4. The van der Waals surface area contributed by atoms with E-state index in [2.05, 4.69) is 5.43 Å². The van der Waals surface area contributed by atoms with Gasteiger partial charge in [-0.3, -0.25) is 11.3 Å². The predicted octanol–water partition coefficient (Wildman–Crippen LogP) is 2.55. The lowest BCUT2D eigenvalue weighted by Gasteiger charge is -2.17. The van der Waals surface area contributed by atoms with Gasteiger partial charge >= 0.3 is 6.18 Å². The third-order valence-electron chi connectivity index (χ3n) is 2.71. The minimum Gasteiger partial charge on any atom is -0.494 e. The fourth-order valence-corrected chi connectivity index (χ4v) is 1.70. The number of hydrazine groups is 1. The van der Waals surface area contributed by atoms with E-state index in [-0.39, 0.29) is 18.6 Å². The molecule has 0 aromatic heterocycles. The Morgan fingerprint density at radius 1 is 1.37 bits per heavy atom. The van der Waals surface area contributed by atoms with E-state index in [4.69, 9.17) is 10.6 Å². The van der Waals surface area contributed by atoms with E-state index in [1.54, 1.807) is 6.07 Å². The molecule has 0 fully saturated rings. The van der Waals surface area contributed by atoms with Crippen LogP contribution in [0.2, 0.25) is 0 Å². The maximum absolute atomic E-state index is 13.4. The SMILES string of the molecule is COc1ccc(CC(CCC(F)(F)F)NN)cc1F. The highest BCUT2D eigenvalue weighted by Crippen LogP contribution is 2.24. The smallest absolute Gasteiger partial charge is 0.389 e. The molecule has 1 aromatic rings. The van der Waals surface area contributed by atoms with Crippen LogP contribution in [0.15, 0.2) is 18.2 Å². The monoisotopic (exact) mass is 280 g/mol. The third-order valence-corrected chi connectivity index (χ3v) is 2.71. The van der Waals surface area contributed by atoms with Gasteiger partial charge in [-0.1, -0.05) is 6.07 Å². The van der Waals surface area contributed by atoms with Gasteiger partial charge in [-0.05, 0) is 30.5 Å². The lowest BCUT2D eigenvalue weighted by Crippen LogP contribution is -2.37. The van der Waals surface area contributed by atoms with Crippen LogP contribution in [0.1, 0.15) is 18.4 Å². The molecule has 1 rings (SSSR count). The molecule has 0 aliphatic rings. The summed E-state index contributed by atoms with van der Waals surface area (Å²) in [5.41, 5.74) is 2.88. The standard InChI is InChI=1S/C12H16F4N2O/c1-19-11-3-2-8(7-10(11)13)6-9(18-17)4-5-12(14,15)16/h2-3,7,9,18H,4-6,17H2,1H3. The van der Waals surface area contributed by atoms with Crippen molar-refractivity contribution < 1.29 is 22.3 Å². The van der Waals surface area contributed by atoms with E-state index in [0.29, 0.717) is 5.56 Å². The van der Waals surface area contributed by atoms with Crippen molar-refractivity contribution >= 4 is 0 Å². The van der Waals surface area contributed by atoms with Gasteiger partial charge in [0.2, 0.25) is 0 Å². The average molecular weight is 280 g/mol. The molecule has 0 heterocycles. The number of alkyl halides is 3. The first kappa shape index (κ1) is 15.7. The molecule has 0 aliphatic carbocycles. The molecule has 108 valence electrons. The van der Waals surface area contributed by atoms with Gasteiger partial charge in [0.1, 0.15) is 0 Å². The molecular formula is C12H16F4N2O. The van der Waals surface area contributed by atoms with Gasteiger partial charge in [0.05, 0.1) is 7.11 Å². The quantitative estimate of drug-likeness (QED) is 0.478. The summed E-state index contributed by atoms with van der Waals surface area (Å²) in [6.07, 6.45) is -5.10. The molecule has 0 radical (unpaired) electrons. The molecule has 0 aliphatic heterocycles. The van der Waals surface area contributed by atoms with Crippen molar-refractivity contribution in [1.82, 2.24) is 5.43 Å². The second kappa shape index (κ2) is 6.72. The molecule has 7 heteroatoms. The summed E-state index contributed by atoms with van der Waals surface area (Å²) < 4.78 is 54.5. The summed E-state index contributed by atoms with van der Waals surface area (Å²) in [4.78, 5) is 0. The van der Waals surface area contributed by atoms with E-state index in [1.807, 2.05) is 0 Å². The van der Waals surface area contributed by atoms with Crippen LogP contribution in [0.25, 0.3) is 0 Å². The molecule has 19 heavy (non-hydrogen) atoms. The summed E-state index contributed by atoms with van der Waals surface area (Å²) >= 11 is 0. The molecule has 1 aromatic carbocycles. The third kappa shape index (κ3) is 5.44. The van der Waals surface area contributed by atoms with Crippen LogP contribution in [0.5, 0.6) is 5.75 Å². The molecule has 0 saturated carbocycles. The van der Waals surface area contributed by atoms with Gasteiger partial charge in [0.15, 0.2) is 11.6 Å². The maximum atomic E-state index is 13.4. The number of hydrogen-bond donors (Lipinski definition) is 2. The number of benzene rings is 1. The topological polar surface area (TPSA) is 47.3 Å². The summed E-state index contributed by atoms with van der Waals surface area (Å²) in [6.45, 7) is 0. The second-order valence-electron chi connectivity index (χ2n) is 4.19. The normalized spacial score (nSPS) is 13.4. The van der Waals surface area contributed by atoms with Gasteiger partial charge in [0.25, 0.3) is 0 Å². The van der Waals surface area contributed by atoms with Crippen LogP contribution in [-0.2, 0) is 6.42 Å². The fourth-order valence-electron chi connectivity index (χ4n) is 1.70. The summed E-state index contributed by atoms with van der Waals surface area (Å²) in [5, 5.41) is 0. The Bertz CT molecular complexity index is 409. The molecular weight excluding hydrogens is 264 g/mol. The number of halogens is 4. The Labute approximate surface area is 108 Å². The maximum Gasteiger partial charge on any atom is 0.389 e. The molecule has 3 N–H and O–H groups in total. The number of nitrogens with two attached hydrogens (primary N) is 1. The van der Waals surface area contributed by atoms with Crippen molar-refractivity contribution in [3.8, 4) is 5.75 Å². The Morgan fingerprint density at radius 2 is 2.05 bits per heavy atom. The van der Waals surface area contributed by atoms with Crippen LogP contribution < -0.4 is 16.0 Å². The Kier molecular flexibility index (Phi) is 5.56. The van der Waals surface area contributed by atoms with Crippen molar-refractivity contribution in [2.75, 3.05) is 7.11 Å². The van der Waals surface area contributed by atoms with E-state index in [0.717, 1.165) is 0 Å². The molecule has 0 bridgehead atoms. The summed E-state index contributed by atoms with van der Waals surface area (Å²) in [5.74, 6) is 4.75. The lowest BCUT2D eigenvalue weighted by atomic mass is 10.0. The van der Waals surface area contributed by atoms with Crippen LogP contribution in [-0.4, -0.2) is 19.3 Å². The van der Waals surface area contributed by atoms with Crippen molar-refractivity contribution in [1.29, 1.82) is 0 Å². The van der Waals surface area contributed by atoms with Crippen molar-refractivity contribution in [2.45, 2.75) is 31.5 Å². The highest BCUT2D eigenvalue weighted by molar-refractivity contribution is 5.29. The summed E-state index contributed by atoms with van der Waals surface area (Å²) in [7, 11) is 1.34. The van der Waals surface area contributed by atoms with Gasteiger partial charge < -0.3 is 4.74 Å². The number of nitrogens with one attached hydrogen (secondary N) is 1. The first-order valence-electron chi connectivity index (χ1n) is 5.71. The zero-order valence-corrected chi connectivity index (χ0v) is 10.4. The number of methoxy groups -OCH3 is 1. The van der Waals surface area contributed by atoms with Crippen LogP contribution >= 0.6 is 0 Å². The lowest BCUT2D eigenvalue weighted by molar-refractivity contribution is -0.136. The van der Waals surface area contributed by atoms with Crippen molar-refractivity contribution in [2.24, 2.45) is 5.84 Å². The zero-order chi connectivity index (χ0) is 14.5. The second-order valence-corrected chi connectivity index (χ2v) is 4.19. The molecule has 3 nitrogen and oxygen atoms in total. The molecule has 1 unspecified atom stereocenters. The molecule has 0 saturated heterocycles. The Hall–Kier alpha value is -1.34. The van der Waals surface area contributed by atoms with Gasteiger partial charge in [0, 0.05) is 12.5 Å². The van der Waals surface area contributed by atoms with E-state index in [1.165, 1.54) is 19.2 Å². The van der Waals surface area contributed by atoms with E-state index >= 15 is 0 Å². The molecule has 0 spiro atoms. The largest absolute Gasteiger partial charge is 0.494 e. The van der Waals surface area contributed by atoms with E-state index < -0.39 is 24.5 Å².